The zero-order valence-corrected chi connectivity index (χ0v) is 19.0. The molecular weight excluding hydrogens is 475 g/mol. The summed E-state index contributed by atoms with van der Waals surface area (Å²) in [6.07, 6.45) is -3.38. The maximum atomic E-state index is 13.0. The minimum absolute atomic E-state index is 0.0143. The zero-order chi connectivity index (χ0) is 25.3. The highest BCUT2D eigenvalue weighted by Gasteiger charge is 2.31. The van der Waals surface area contributed by atoms with Crippen molar-refractivity contribution in [2.75, 3.05) is 14.1 Å². The number of sulfonamides is 1. The Morgan fingerprint density at radius 2 is 1.65 bits per heavy atom. The van der Waals surface area contributed by atoms with Gasteiger partial charge >= 0.3 is 6.18 Å². The summed E-state index contributed by atoms with van der Waals surface area (Å²) in [4.78, 5) is 24.8. The molecule has 1 heterocycles. The number of benzene rings is 2. The minimum Gasteiger partial charge on any atom is -0.267 e. The zero-order valence-electron chi connectivity index (χ0n) is 18.2. The lowest BCUT2D eigenvalue weighted by atomic mass is 10.2. The lowest BCUT2D eigenvalue weighted by Crippen LogP contribution is -2.41. The second-order valence-corrected chi connectivity index (χ2v) is 9.48. The van der Waals surface area contributed by atoms with Gasteiger partial charge in [0.25, 0.3) is 11.8 Å². The number of hydrogen-bond acceptors (Lipinski definition) is 5. The third-order valence-electron chi connectivity index (χ3n) is 4.84. The molecule has 2 amide bonds. The Bertz CT molecular complexity index is 1350. The van der Waals surface area contributed by atoms with Crippen molar-refractivity contribution < 1.29 is 31.2 Å². The fourth-order valence-corrected chi connectivity index (χ4v) is 3.92. The molecule has 0 spiro atoms. The number of rotatable bonds is 5. The molecule has 0 radical (unpaired) electrons. The molecule has 0 saturated carbocycles. The van der Waals surface area contributed by atoms with E-state index in [1.807, 2.05) is 0 Å². The van der Waals surface area contributed by atoms with E-state index in [-0.39, 0.29) is 27.4 Å². The lowest BCUT2D eigenvalue weighted by molar-refractivity contribution is -0.137. The number of amides is 2. The van der Waals surface area contributed by atoms with Crippen LogP contribution in [0.2, 0.25) is 0 Å². The fourth-order valence-electron chi connectivity index (χ4n) is 2.97. The van der Waals surface area contributed by atoms with Crippen molar-refractivity contribution in [2.24, 2.45) is 0 Å². The molecule has 9 nitrogen and oxygen atoms in total. The first-order valence-electron chi connectivity index (χ1n) is 9.68. The fraction of sp³-hybridized carbons (Fsp3) is 0.190. The van der Waals surface area contributed by atoms with Crippen LogP contribution in [0.15, 0.2) is 59.6 Å². The van der Waals surface area contributed by atoms with Gasteiger partial charge in [-0.1, -0.05) is 12.1 Å². The molecule has 0 unspecified atom stereocenters. The minimum atomic E-state index is -4.54. The molecule has 0 aliphatic heterocycles. The molecule has 1 aromatic heterocycles. The van der Waals surface area contributed by atoms with Gasteiger partial charge in [0, 0.05) is 19.7 Å². The number of nitrogens with zero attached hydrogens (tertiary/aromatic N) is 3. The number of alkyl halides is 3. The topological polar surface area (TPSA) is 113 Å². The van der Waals surface area contributed by atoms with Gasteiger partial charge in [0.2, 0.25) is 10.0 Å². The number of halogens is 3. The molecule has 34 heavy (non-hydrogen) atoms. The summed E-state index contributed by atoms with van der Waals surface area (Å²) in [7, 11) is -1.06. The Morgan fingerprint density at radius 3 is 2.29 bits per heavy atom. The highest BCUT2D eigenvalue weighted by atomic mass is 32.2. The van der Waals surface area contributed by atoms with Crippen molar-refractivity contribution in [1.82, 2.24) is 24.9 Å². The first kappa shape index (κ1) is 24.9. The van der Waals surface area contributed by atoms with Crippen LogP contribution in [0.5, 0.6) is 0 Å². The van der Waals surface area contributed by atoms with Crippen LogP contribution >= 0.6 is 0 Å². The molecule has 2 aromatic carbocycles. The normalized spacial score (nSPS) is 12.0. The quantitative estimate of drug-likeness (QED) is 0.528. The molecular formula is C21H20F3N5O4S. The number of nitrogens with one attached hydrogen (secondary N) is 2. The predicted molar refractivity (Wildman–Crippen MR) is 116 cm³/mol. The average Bonchev–Trinajstić information content (AvgIpc) is 3.18. The maximum absolute atomic E-state index is 13.0. The van der Waals surface area contributed by atoms with Crippen LogP contribution in [-0.4, -0.2) is 48.4 Å². The third-order valence-corrected chi connectivity index (χ3v) is 6.65. The largest absolute Gasteiger partial charge is 0.416 e. The Kier molecular flexibility index (Phi) is 6.79. The van der Waals surface area contributed by atoms with E-state index >= 15 is 0 Å². The monoisotopic (exact) mass is 495 g/mol. The molecule has 0 aliphatic carbocycles. The van der Waals surface area contributed by atoms with E-state index < -0.39 is 33.6 Å². The van der Waals surface area contributed by atoms with Gasteiger partial charge in [-0.2, -0.15) is 18.3 Å². The number of carbonyl (C=O) groups excluding carboxylic acids is 2. The van der Waals surface area contributed by atoms with Crippen LogP contribution in [-0.2, 0) is 16.2 Å². The van der Waals surface area contributed by atoms with Crippen LogP contribution in [0.3, 0.4) is 0 Å². The van der Waals surface area contributed by atoms with E-state index in [0.717, 1.165) is 28.7 Å². The first-order chi connectivity index (χ1) is 15.8. The van der Waals surface area contributed by atoms with Crippen molar-refractivity contribution in [1.29, 1.82) is 0 Å². The van der Waals surface area contributed by atoms with E-state index in [2.05, 4.69) is 16.0 Å². The number of hydrogen-bond donors (Lipinski definition) is 2. The Labute approximate surface area is 193 Å². The molecule has 13 heteroatoms. The predicted octanol–water partition coefficient (Wildman–Crippen LogP) is 2.52. The first-order valence-corrected chi connectivity index (χ1v) is 11.1. The standard InChI is InChI=1S/C21H20F3N5O4S/c1-13-18(12-25-29(13)16-8-5-7-15(11-16)21(22,23)24)20(31)27-26-19(30)14-6-4-9-17(10-14)34(32,33)28(2)3/h4-12H,1-3H3,(H,26,30)(H,27,31). The van der Waals surface area contributed by atoms with Crippen LogP contribution in [0, 0.1) is 6.92 Å². The van der Waals surface area contributed by atoms with E-state index in [9.17, 15) is 31.2 Å². The van der Waals surface area contributed by atoms with Crippen LogP contribution in [0.25, 0.3) is 5.69 Å². The van der Waals surface area contributed by atoms with Crippen LogP contribution < -0.4 is 10.9 Å². The van der Waals surface area contributed by atoms with Crippen molar-refractivity contribution >= 4 is 21.8 Å². The third kappa shape index (κ3) is 5.10. The van der Waals surface area contributed by atoms with Crippen molar-refractivity contribution in [2.45, 2.75) is 18.0 Å². The van der Waals surface area contributed by atoms with Crippen LogP contribution in [0.1, 0.15) is 32.0 Å². The van der Waals surface area contributed by atoms with Crippen LogP contribution in [0.4, 0.5) is 13.2 Å². The average molecular weight is 495 g/mol. The molecule has 0 aliphatic rings. The van der Waals surface area contributed by atoms with Gasteiger partial charge in [0.05, 0.1) is 33.6 Å². The van der Waals surface area contributed by atoms with E-state index in [0.29, 0.717) is 0 Å². The molecule has 2 N–H and O–H groups in total. The molecule has 3 rings (SSSR count). The van der Waals surface area contributed by atoms with Crippen molar-refractivity contribution in [3.63, 3.8) is 0 Å². The Hall–Kier alpha value is -3.71. The van der Waals surface area contributed by atoms with Gasteiger partial charge in [-0.3, -0.25) is 20.4 Å². The lowest BCUT2D eigenvalue weighted by Gasteiger charge is -2.12. The Morgan fingerprint density at radius 1 is 1.00 bits per heavy atom. The highest BCUT2D eigenvalue weighted by Crippen LogP contribution is 2.30. The second-order valence-electron chi connectivity index (χ2n) is 7.33. The van der Waals surface area contributed by atoms with Crippen molar-refractivity contribution in [3.05, 3.63) is 77.1 Å². The number of hydrazine groups is 1. The highest BCUT2D eigenvalue weighted by molar-refractivity contribution is 7.89. The van der Waals surface area contributed by atoms with Gasteiger partial charge < -0.3 is 0 Å². The van der Waals surface area contributed by atoms with Gasteiger partial charge in [0.1, 0.15) is 0 Å². The molecule has 0 atom stereocenters. The summed E-state index contributed by atoms with van der Waals surface area (Å²) >= 11 is 0. The van der Waals surface area contributed by atoms with E-state index in [1.54, 1.807) is 0 Å². The summed E-state index contributed by atoms with van der Waals surface area (Å²) in [6, 6.07) is 9.70. The summed E-state index contributed by atoms with van der Waals surface area (Å²) in [5, 5.41) is 3.98. The second kappa shape index (κ2) is 9.27. The molecule has 0 fully saturated rings. The van der Waals surface area contributed by atoms with Gasteiger partial charge in [-0.15, -0.1) is 0 Å². The molecule has 0 bridgehead atoms. The summed E-state index contributed by atoms with van der Waals surface area (Å²) in [6.45, 7) is 1.49. The Balaban J connectivity index is 1.75. The SMILES string of the molecule is Cc1c(C(=O)NNC(=O)c2cccc(S(=O)(=O)N(C)C)c2)cnn1-c1cccc(C(F)(F)F)c1. The summed E-state index contributed by atoms with van der Waals surface area (Å²) in [5.74, 6) is -1.53. The van der Waals surface area contributed by atoms with Gasteiger partial charge in [-0.05, 0) is 43.3 Å². The molecule has 180 valence electrons. The summed E-state index contributed by atoms with van der Waals surface area (Å²) in [5.41, 5.74) is 3.85. The number of aromatic nitrogens is 2. The van der Waals surface area contributed by atoms with Crippen molar-refractivity contribution in [3.8, 4) is 5.69 Å². The number of carbonyl (C=O) groups is 2. The smallest absolute Gasteiger partial charge is 0.267 e. The van der Waals surface area contributed by atoms with E-state index in [4.69, 9.17) is 0 Å². The summed E-state index contributed by atoms with van der Waals surface area (Å²) < 4.78 is 65.6. The van der Waals surface area contributed by atoms with Gasteiger partial charge in [-0.25, -0.2) is 17.4 Å². The molecule has 3 aromatic rings. The maximum Gasteiger partial charge on any atom is 0.416 e. The molecule has 0 saturated heterocycles. The van der Waals surface area contributed by atoms with Gasteiger partial charge in [0.15, 0.2) is 0 Å². The van der Waals surface area contributed by atoms with E-state index in [1.165, 1.54) is 56.0 Å².